The SMILES string of the molecule is O=C(CCc1nnc(-c2cccc(C(F)(F)F)c2)o1)Nc1ccccc1Oc1ccccc1. The molecular weight excluding hydrogens is 435 g/mol. The predicted octanol–water partition coefficient (Wildman–Crippen LogP) is 6.12. The molecule has 1 N–H and O–H groups in total. The highest BCUT2D eigenvalue weighted by Gasteiger charge is 2.30. The van der Waals surface area contributed by atoms with Crippen LogP contribution < -0.4 is 10.1 Å². The Morgan fingerprint density at radius 3 is 2.48 bits per heavy atom. The summed E-state index contributed by atoms with van der Waals surface area (Å²) in [6, 6.07) is 20.8. The van der Waals surface area contributed by atoms with Crippen LogP contribution in [0.15, 0.2) is 83.3 Å². The first-order valence-electron chi connectivity index (χ1n) is 10.0. The summed E-state index contributed by atoms with van der Waals surface area (Å²) >= 11 is 0. The molecule has 9 heteroatoms. The van der Waals surface area contributed by atoms with Crippen LogP contribution in [0.4, 0.5) is 18.9 Å². The Labute approximate surface area is 187 Å². The first kappa shape index (κ1) is 22.1. The number of hydrogen-bond donors (Lipinski definition) is 1. The van der Waals surface area contributed by atoms with E-state index in [2.05, 4.69) is 15.5 Å². The van der Waals surface area contributed by atoms with Crippen molar-refractivity contribution in [2.45, 2.75) is 19.0 Å². The summed E-state index contributed by atoms with van der Waals surface area (Å²) < 4.78 is 50.0. The van der Waals surface area contributed by atoms with Crippen molar-refractivity contribution in [3.63, 3.8) is 0 Å². The Morgan fingerprint density at radius 1 is 0.939 bits per heavy atom. The number of anilines is 1. The van der Waals surface area contributed by atoms with E-state index in [4.69, 9.17) is 9.15 Å². The Balaban J connectivity index is 1.38. The molecule has 6 nitrogen and oxygen atoms in total. The minimum absolute atomic E-state index is 0.0316. The van der Waals surface area contributed by atoms with Crippen molar-refractivity contribution in [1.82, 2.24) is 10.2 Å². The van der Waals surface area contributed by atoms with Crippen molar-refractivity contribution >= 4 is 11.6 Å². The number of nitrogens with zero attached hydrogens (tertiary/aromatic N) is 2. The summed E-state index contributed by atoms with van der Waals surface area (Å²) in [5.74, 6) is 0.913. The summed E-state index contributed by atoms with van der Waals surface area (Å²) in [6.45, 7) is 0. The van der Waals surface area contributed by atoms with Crippen molar-refractivity contribution < 1.29 is 27.1 Å². The third-order valence-corrected chi connectivity index (χ3v) is 4.60. The normalized spacial score (nSPS) is 11.2. The summed E-state index contributed by atoms with van der Waals surface area (Å²) in [5.41, 5.74) is -0.155. The third kappa shape index (κ3) is 5.76. The van der Waals surface area contributed by atoms with Gasteiger partial charge in [0.1, 0.15) is 5.75 Å². The molecule has 4 rings (SSSR count). The maximum atomic E-state index is 12.9. The number of aryl methyl sites for hydroxylation is 1. The highest BCUT2D eigenvalue weighted by atomic mass is 19.4. The van der Waals surface area contributed by atoms with Gasteiger partial charge in [0.05, 0.1) is 11.3 Å². The van der Waals surface area contributed by atoms with Crippen molar-refractivity contribution in [2.24, 2.45) is 0 Å². The number of halogens is 3. The van der Waals surface area contributed by atoms with E-state index in [9.17, 15) is 18.0 Å². The molecule has 3 aromatic carbocycles. The highest BCUT2D eigenvalue weighted by Crippen LogP contribution is 2.32. The second kappa shape index (κ2) is 9.56. The van der Waals surface area contributed by atoms with Crippen LogP contribution >= 0.6 is 0 Å². The van der Waals surface area contributed by atoms with E-state index in [1.807, 2.05) is 18.2 Å². The number of carbonyl (C=O) groups is 1. The van der Waals surface area contributed by atoms with Gasteiger partial charge < -0.3 is 14.5 Å². The first-order valence-corrected chi connectivity index (χ1v) is 10.0. The van der Waals surface area contributed by atoms with Crippen LogP contribution in [0, 0.1) is 0 Å². The van der Waals surface area contributed by atoms with Gasteiger partial charge in [0.15, 0.2) is 5.75 Å². The van der Waals surface area contributed by atoms with Crippen molar-refractivity contribution in [3.8, 4) is 23.0 Å². The number of benzene rings is 3. The largest absolute Gasteiger partial charge is 0.455 e. The summed E-state index contributed by atoms with van der Waals surface area (Å²) in [4.78, 5) is 12.4. The van der Waals surface area contributed by atoms with Crippen LogP contribution in [0.3, 0.4) is 0 Å². The van der Waals surface area contributed by atoms with E-state index in [0.717, 1.165) is 12.1 Å². The lowest BCUT2D eigenvalue weighted by atomic mass is 10.1. The molecule has 0 fully saturated rings. The molecule has 0 aliphatic carbocycles. The van der Waals surface area contributed by atoms with Gasteiger partial charge in [0, 0.05) is 18.4 Å². The molecule has 0 saturated carbocycles. The second-order valence-electron chi connectivity index (χ2n) is 7.04. The molecule has 0 saturated heterocycles. The monoisotopic (exact) mass is 453 g/mol. The first-order chi connectivity index (χ1) is 15.9. The number of hydrogen-bond acceptors (Lipinski definition) is 5. The molecule has 1 heterocycles. The van der Waals surface area contributed by atoms with E-state index in [1.54, 1.807) is 36.4 Å². The van der Waals surface area contributed by atoms with E-state index >= 15 is 0 Å². The van der Waals surface area contributed by atoms with Gasteiger partial charge in [0.2, 0.25) is 17.7 Å². The molecule has 4 aromatic rings. The summed E-state index contributed by atoms with van der Waals surface area (Å²) in [7, 11) is 0. The maximum Gasteiger partial charge on any atom is 0.416 e. The van der Waals surface area contributed by atoms with E-state index in [-0.39, 0.29) is 36.1 Å². The molecule has 33 heavy (non-hydrogen) atoms. The predicted molar refractivity (Wildman–Crippen MR) is 115 cm³/mol. The topological polar surface area (TPSA) is 77.2 Å². The molecule has 168 valence electrons. The number of para-hydroxylation sites is 3. The van der Waals surface area contributed by atoms with Crippen LogP contribution in [0.25, 0.3) is 11.5 Å². The summed E-state index contributed by atoms with van der Waals surface area (Å²) in [5, 5.41) is 10.4. The molecule has 1 amide bonds. The number of nitrogens with one attached hydrogen (secondary N) is 1. The minimum Gasteiger partial charge on any atom is -0.455 e. The smallest absolute Gasteiger partial charge is 0.416 e. The van der Waals surface area contributed by atoms with Gasteiger partial charge in [-0.1, -0.05) is 36.4 Å². The van der Waals surface area contributed by atoms with Gasteiger partial charge in [-0.15, -0.1) is 10.2 Å². The third-order valence-electron chi connectivity index (χ3n) is 4.60. The molecule has 0 aliphatic rings. The van der Waals surface area contributed by atoms with Crippen molar-refractivity contribution in [3.05, 3.63) is 90.3 Å². The highest BCUT2D eigenvalue weighted by molar-refractivity contribution is 5.92. The standard InChI is InChI=1S/C24H18F3N3O3/c25-24(26,27)17-8-6-7-16(15-17)23-30-29-22(33-23)14-13-21(31)28-19-11-4-5-12-20(19)32-18-9-2-1-3-10-18/h1-12,15H,13-14H2,(H,28,31). The van der Waals surface area contributed by atoms with Crippen LogP contribution in [-0.4, -0.2) is 16.1 Å². The lowest BCUT2D eigenvalue weighted by molar-refractivity contribution is -0.137. The zero-order valence-corrected chi connectivity index (χ0v) is 17.2. The lowest BCUT2D eigenvalue weighted by Crippen LogP contribution is -2.13. The number of rotatable bonds is 7. The molecule has 0 atom stereocenters. The van der Waals surface area contributed by atoms with Crippen LogP contribution in [0.1, 0.15) is 17.9 Å². The number of ether oxygens (including phenoxy) is 1. The second-order valence-corrected chi connectivity index (χ2v) is 7.04. The molecule has 0 spiro atoms. The fourth-order valence-corrected chi connectivity index (χ4v) is 3.01. The molecule has 0 aliphatic heterocycles. The van der Waals surface area contributed by atoms with E-state index < -0.39 is 11.7 Å². The average molecular weight is 453 g/mol. The number of amides is 1. The van der Waals surface area contributed by atoms with Gasteiger partial charge in [-0.25, -0.2) is 0 Å². The van der Waals surface area contributed by atoms with Crippen molar-refractivity contribution in [2.75, 3.05) is 5.32 Å². The minimum atomic E-state index is -4.47. The zero-order chi connectivity index (χ0) is 23.3. The Bertz CT molecular complexity index is 1240. The Hall–Kier alpha value is -4.14. The average Bonchev–Trinajstić information content (AvgIpc) is 3.28. The molecule has 1 aromatic heterocycles. The van der Waals surface area contributed by atoms with Gasteiger partial charge in [-0.2, -0.15) is 13.2 Å². The van der Waals surface area contributed by atoms with E-state index in [1.165, 1.54) is 12.1 Å². The van der Waals surface area contributed by atoms with Crippen LogP contribution in [-0.2, 0) is 17.4 Å². The number of alkyl halides is 3. The molecular formula is C24H18F3N3O3. The molecule has 0 radical (unpaired) electrons. The summed E-state index contributed by atoms with van der Waals surface area (Å²) in [6.07, 6.45) is -4.32. The number of aromatic nitrogens is 2. The van der Waals surface area contributed by atoms with Crippen LogP contribution in [0.5, 0.6) is 11.5 Å². The van der Waals surface area contributed by atoms with Gasteiger partial charge in [-0.05, 0) is 42.5 Å². The van der Waals surface area contributed by atoms with Gasteiger partial charge in [-0.3, -0.25) is 4.79 Å². The van der Waals surface area contributed by atoms with Gasteiger partial charge in [0.25, 0.3) is 0 Å². The van der Waals surface area contributed by atoms with E-state index in [0.29, 0.717) is 17.2 Å². The van der Waals surface area contributed by atoms with Crippen molar-refractivity contribution in [1.29, 1.82) is 0 Å². The zero-order valence-electron chi connectivity index (χ0n) is 17.2. The van der Waals surface area contributed by atoms with Gasteiger partial charge >= 0.3 is 6.18 Å². The fourth-order valence-electron chi connectivity index (χ4n) is 3.01. The van der Waals surface area contributed by atoms with Crippen LogP contribution in [0.2, 0.25) is 0 Å². The fraction of sp³-hybridized carbons (Fsp3) is 0.125. The lowest BCUT2D eigenvalue weighted by Gasteiger charge is -2.12. The number of carbonyl (C=O) groups excluding carboxylic acids is 1. The Kier molecular flexibility index (Phi) is 6.39. The molecule has 0 unspecified atom stereocenters. The Morgan fingerprint density at radius 2 is 1.70 bits per heavy atom. The molecule has 0 bridgehead atoms. The maximum absolute atomic E-state index is 12.9. The quantitative estimate of drug-likeness (QED) is 0.365.